The zero-order valence-corrected chi connectivity index (χ0v) is 16.3. The summed E-state index contributed by atoms with van der Waals surface area (Å²) in [4.78, 5) is 15.4. The fourth-order valence-corrected chi connectivity index (χ4v) is 6.35. The fraction of sp³-hybridized carbons (Fsp3) is 0.591. The van der Waals surface area contributed by atoms with Gasteiger partial charge >= 0.3 is 0 Å². The van der Waals surface area contributed by atoms with Crippen molar-refractivity contribution in [3.8, 4) is 11.5 Å². The summed E-state index contributed by atoms with van der Waals surface area (Å²) in [5.41, 5.74) is 1.48. The SMILES string of the molecule is CCCC(C)N[C@@]12C=CC(=O)[C@@H]3Oc4c(O)ccc5c4[C@@]31CCN(C)[C@@H]2C5. The number of benzene rings is 1. The molecule has 27 heavy (non-hydrogen) atoms. The molecule has 0 saturated carbocycles. The number of phenolic OH excluding ortho intramolecular Hbond substituents is 1. The molecule has 1 aromatic carbocycles. The van der Waals surface area contributed by atoms with Gasteiger partial charge in [0.15, 0.2) is 23.4 Å². The van der Waals surface area contributed by atoms with Gasteiger partial charge in [-0.15, -0.1) is 0 Å². The molecule has 0 aromatic heterocycles. The number of carbonyl (C=O) groups is 1. The topological polar surface area (TPSA) is 61.8 Å². The first kappa shape index (κ1) is 17.3. The third-order valence-electron chi connectivity index (χ3n) is 7.40. The van der Waals surface area contributed by atoms with Crippen LogP contribution in [0.3, 0.4) is 0 Å². The maximum absolute atomic E-state index is 12.9. The predicted molar refractivity (Wildman–Crippen MR) is 103 cm³/mol. The first-order valence-corrected chi connectivity index (χ1v) is 10.2. The van der Waals surface area contributed by atoms with Crippen LogP contribution in [0.5, 0.6) is 11.5 Å². The van der Waals surface area contributed by atoms with Crippen molar-refractivity contribution in [2.45, 2.75) is 68.7 Å². The van der Waals surface area contributed by atoms with Crippen molar-refractivity contribution in [2.75, 3.05) is 13.6 Å². The van der Waals surface area contributed by atoms with Gasteiger partial charge in [0.05, 0.1) is 11.0 Å². The number of piperidine rings is 1. The number of aromatic hydroxyl groups is 1. The molecule has 2 heterocycles. The second-order valence-electron chi connectivity index (χ2n) is 8.81. The number of ether oxygens (including phenoxy) is 1. The first-order chi connectivity index (χ1) is 12.9. The Labute approximate surface area is 160 Å². The molecule has 5 rings (SSSR count). The molecule has 1 aromatic rings. The Hall–Kier alpha value is -1.85. The number of likely N-dealkylation sites (N-methyl/N-ethyl adjacent to an activating group) is 1. The van der Waals surface area contributed by atoms with Crippen LogP contribution in [0.25, 0.3) is 0 Å². The summed E-state index contributed by atoms with van der Waals surface area (Å²) in [6.45, 7) is 5.36. The highest BCUT2D eigenvalue weighted by Crippen LogP contribution is 2.63. The lowest BCUT2D eigenvalue weighted by atomic mass is 9.49. The Morgan fingerprint density at radius 2 is 2.26 bits per heavy atom. The molecule has 2 N–H and O–H groups in total. The van der Waals surface area contributed by atoms with E-state index in [0.717, 1.165) is 37.8 Å². The highest BCUT2D eigenvalue weighted by molar-refractivity contribution is 5.99. The number of nitrogens with zero attached hydrogens (tertiary/aromatic N) is 1. The summed E-state index contributed by atoms with van der Waals surface area (Å²) in [5, 5.41) is 14.5. The van der Waals surface area contributed by atoms with Crippen molar-refractivity contribution in [2.24, 2.45) is 0 Å². The lowest BCUT2D eigenvalue weighted by molar-refractivity contribution is -0.130. The molecule has 2 bridgehead atoms. The standard InChI is InChI=1S/C22H28N2O3/c1-4-5-13(2)23-22-9-8-16(26)20-21(22)10-11-24(3)17(22)12-14-6-7-15(25)19(27-20)18(14)21/h6-9,13,17,20,23,25H,4-5,10-12H2,1-3H3/t13?,17-,20+,21+,22-/m1/s1. The molecular formula is C22H28N2O3. The van der Waals surface area contributed by atoms with Gasteiger partial charge in [0, 0.05) is 17.6 Å². The van der Waals surface area contributed by atoms with Crippen LogP contribution in [0.2, 0.25) is 0 Å². The molecule has 5 heteroatoms. The van der Waals surface area contributed by atoms with Gasteiger partial charge in [-0.1, -0.05) is 25.5 Å². The average Bonchev–Trinajstić information content (AvgIpc) is 2.99. The van der Waals surface area contributed by atoms with E-state index < -0.39 is 11.5 Å². The highest BCUT2D eigenvalue weighted by atomic mass is 16.5. The summed E-state index contributed by atoms with van der Waals surface area (Å²) >= 11 is 0. The minimum Gasteiger partial charge on any atom is -0.504 e. The molecule has 2 aliphatic heterocycles. The third kappa shape index (κ3) is 1.94. The Balaban J connectivity index is 1.79. The summed E-state index contributed by atoms with van der Waals surface area (Å²) in [6, 6.07) is 4.33. The van der Waals surface area contributed by atoms with Gasteiger partial charge in [-0.25, -0.2) is 0 Å². The molecule has 1 fully saturated rings. The molecule has 0 amide bonds. The number of rotatable bonds is 4. The molecule has 4 aliphatic rings. The van der Waals surface area contributed by atoms with Crippen LogP contribution in [0, 0.1) is 0 Å². The van der Waals surface area contributed by atoms with Crippen LogP contribution in [-0.2, 0) is 16.6 Å². The van der Waals surface area contributed by atoms with Crippen LogP contribution in [0.15, 0.2) is 24.3 Å². The molecule has 1 unspecified atom stereocenters. The normalized spacial score (nSPS) is 37.1. The van der Waals surface area contributed by atoms with Crippen molar-refractivity contribution in [3.05, 3.63) is 35.4 Å². The monoisotopic (exact) mass is 368 g/mol. The Kier molecular flexibility index (Phi) is 3.57. The lowest BCUT2D eigenvalue weighted by Gasteiger charge is -2.63. The number of hydrogen-bond acceptors (Lipinski definition) is 5. The summed E-state index contributed by atoms with van der Waals surface area (Å²) in [7, 11) is 2.19. The van der Waals surface area contributed by atoms with Gasteiger partial charge in [0.25, 0.3) is 0 Å². The summed E-state index contributed by atoms with van der Waals surface area (Å²) < 4.78 is 6.21. The van der Waals surface area contributed by atoms with Gasteiger partial charge in [0.2, 0.25) is 0 Å². The predicted octanol–water partition coefficient (Wildman–Crippen LogP) is 2.31. The Morgan fingerprint density at radius 1 is 1.44 bits per heavy atom. The maximum Gasteiger partial charge on any atom is 0.196 e. The molecule has 2 aliphatic carbocycles. The maximum atomic E-state index is 12.9. The highest BCUT2D eigenvalue weighted by Gasteiger charge is 2.71. The van der Waals surface area contributed by atoms with E-state index in [1.807, 2.05) is 6.07 Å². The number of ketones is 1. The number of nitrogens with one attached hydrogen (secondary N) is 1. The van der Waals surface area contributed by atoms with Gasteiger partial charge in [-0.3, -0.25) is 4.79 Å². The van der Waals surface area contributed by atoms with Crippen molar-refractivity contribution < 1.29 is 14.6 Å². The van der Waals surface area contributed by atoms with Gasteiger partial charge in [0.1, 0.15) is 0 Å². The van der Waals surface area contributed by atoms with Crippen molar-refractivity contribution in [3.63, 3.8) is 0 Å². The quantitative estimate of drug-likeness (QED) is 0.854. The summed E-state index contributed by atoms with van der Waals surface area (Å²) in [5.74, 6) is 0.701. The smallest absolute Gasteiger partial charge is 0.196 e. The molecule has 0 radical (unpaired) electrons. The lowest BCUT2D eigenvalue weighted by Crippen LogP contribution is -2.80. The van der Waals surface area contributed by atoms with E-state index in [9.17, 15) is 9.90 Å². The molecule has 144 valence electrons. The van der Waals surface area contributed by atoms with Crippen molar-refractivity contribution >= 4 is 5.78 Å². The van der Waals surface area contributed by atoms with E-state index >= 15 is 0 Å². The Morgan fingerprint density at radius 3 is 3.04 bits per heavy atom. The van der Waals surface area contributed by atoms with E-state index in [-0.39, 0.29) is 23.1 Å². The fourth-order valence-electron chi connectivity index (χ4n) is 6.35. The molecule has 5 atom stereocenters. The second-order valence-corrected chi connectivity index (χ2v) is 8.81. The second kappa shape index (κ2) is 5.58. The van der Waals surface area contributed by atoms with E-state index in [0.29, 0.717) is 11.8 Å². The number of carbonyl (C=O) groups excluding carboxylic acids is 1. The largest absolute Gasteiger partial charge is 0.504 e. The van der Waals surface area contributed by atoms with Crippen LogP contribution in [0.1, 0.15) is 44.2 Å². The van der Waals surface area contributed by atoms with E-state index in [4.69, 9.17) is 4.74 Å². The third-order valence-corrected chi connectivity index (χ3v) is 7.40. The molecular weight excluding hydrogens is 340 g/mol. The van der Waals surface area contributed by atoms with Crippen LogP contribution >= 0.6 is 0 Å². The van der Waals surface area contributed by atoms with Crippen LogP contribution in [-0.4, -0.2) is 53.1 Å². The molecule has 1 saturated heterocycles. The molecule has 1 spiro atoms. The zero-order chi connectivity index (χ0) is 19.0. The number of hydrogen-bond donors (Lipinski definition) is 2. The molecule has 5 nitrogen and oxygen atoms in total. The minimum atomic E-state index is -0.553. The first-order valence-electron chi connectivity index (χ1n) is 10.2. The van der Waals surface area contributed by atoms with Gasteiger partial charge in [-0.2, -0.15) is 0 Å². The number of phenols is 1. The van der Waals surface area contributed by atoms with Crippen LogP contribution < -0.4 is 10.1 Å². The van der Waals surface area contributed by atoms with Gasteiger partial charge in [-0.05, 0) is 57.5 Å². The van der Waals surface area contributed by atoms with Crippen molar-refractivity contribution in [1.82, 2.24) is 10.2 Å². The summed E-state index contributed by atoms with van der Waals surface area (Å²) in [6.07, 6.45) is 7.22. The van der Waals surface area contributed by atoms with E-state index in [1.165, 1.54) is 5.56 Å². The average molecular weight is 368 g/mol. The number of likely N-dealkylation sites (tertiary alicyclic amines) is 1. The van der Waals surface area contributed by atoms with Crippen LogP contribution in [0.4, 0.5) is 0 Å². The Bertz CT molecular complexity index is 850. The van der Waals surface area contributed by atoms with Crippen molar-refractivity contribution in [1.29, 1.82) is 0 Å². The van der Waals surface area contributed by atoms with Gasteiger partial charge < -0.3 is 20.1 Å². The zero-order valence-electron chi connectivity index (χ0n) is 16.3. The van der Waals surface area contributed by atoms with E-state index in [2.05, 4.69) is 37.2 Å². The van der Waals surface area contributed by atoms with E-state index in [1.54, 1.807) is 12.1 Å². The minimum absolute atomic E-state index is 0.0160.